The number of benzene rings is 2. The SMILES string of the molecule is CCNC(=O)NN1Cc2cc(-c3cccnc3)c3cc(-c4ccccn4)ccc3c2N1. The van der Waals surface area contributed by atoms with Crippen LogP contribution in [0.3, 0.4) is 0 Å². The molecule has 0 atom stereocenters. The minimum absolute atomic E-state index is 0.239. The van der Waals surface area contributed by atoms with E-state index in [1.807, 2.05) is 37.4 Å². The summed E-state index contributed by atoms with van der Waals surface area (Å²) in [5, 5.41) is 6.63. The first kappa shape index (κ1) is 19.0. The first-order valence-corrected chi connectivity index (χ1v) is 10.2. The quantitative estimate of drug-likeness (QED) is 0.466. The van der Waals surface area contributed by atoms with Crippen molar-refractivity contribution >= 4 is 22.5 Å². The second-order valence-corrected chi connectivity index (χ2v) is 7.34. The Morgan fingerprint density at radius 1 is 1.06 bits per heavy atom. The maximum Gasteiger partial charge on any atom is 0.330 e. The predicted molar refractivity (Wildman–Crippen MR) is 122 cm³/mol. The van der Waals surface area contributed by atoms with Gasteiger partial charge in [0.25, 0.3) is 0 Å². The van der Waals surface area contributed by atoms with E-state index in [0.717, 1.165) is 44.4 Å². The summed E-state index contributed by atoms with van der Waals surface area (Å²) in [6, 6.07) is 18.2. The molecule has 0 radical (unpaired) electrons. The van der Waals surface area contributed by atoms with Crippen molar-refractivity contribution in [1.29, 1.82) is 0 Å². The molecule has 0 spiro atoms. The molecule has 3 N–H and O–H groups in total. The average Bonchev–Trinajstić information content (AvgIpc) is 3.22. The zero-order valence-electron chi connectivity index (χ0n) is 17.1. The number of amides is 2. The number of hydrogen-bond acceptors (Lipinski definition) is 5. The van der Waals surface area contributed by atoms with Crippen molar-refractivity contribution in [3.8, 4) is 22.4 Å². The normalized spacial score (nSPS) is 12.9. The van der Waals surface area contributed by atoms with Crippen molar-refractivity contribution in [2.75, 3.05) is 12.0 Å². The molecule has 7 nitrogen and oxygen atoms in total. The summed E-state index contributed by atoms with van der Waals surface area (Å²) in [6.07, 6.45) is 5.45. The van der Waals surface area contributed by atoms with Crippen LogP contribution < -0.4 is 16.2 Å². The Morgan fingerprint density at radius 3 is 2.77 bits per heavy atom. The molecule has 1 aliphatic rings. The molecule has 5 rings (SSSR count). The fourth-order valence-electron chi connectivity index (χ4n) is 3.93. The lowest BCUT2D eigenvalue weighted by Gasteiger charge is -2.17. The van der Waals surface area contributed by atoms with Crippen molar-refractivity contribution in [2.24, 2.45) is 0 Å². The number of nitrogens with one attached hydrogen (secondary N) is 3. The number of rotatable bonds is 4. The second kappa shape index (κ2) is 8.04. The minimum atomic E-state index is -0.239. The molecule has 2 aromatic carbocycles. The third-order valence-corrected chi connectivity index (χ3v) is 5.30. The van der Waals surface area contributed by atoms with Crippen LogP contribution in [-0.2, 0) is 6.54 Å². The molecule has 0 fully saturated rings. The summed E-state index contributed by atoms with van der Waals surface area (Å²) in [5.41, 5.74) is 12.4. The van der Waals surface area contributed by atoms with Crippen molar-refractivity contribution in [3.05, 3.63) is 78.8 Å². The number of nitrogens with zero attached hydrogens (tertiary/aromatic N) is 3. The topological polar surface area (TPSA) is 82.2 Å². The van der Waals surface area contributed by atoms with E-state index >= 15 is 0 Å². The van der Waals surface area contributed by atoms with Crippen LogP contribution in [-0.4, -0.2) is 27.7 Å². The van der Waals surface area contributed by atoms with Gasteiger partial charge < -0.3 is 10.7 Å². The first-order valence-electron chi connectivity index (χ1n) is 10.2. The minimum Gasteiger partial charge on any atom is -0.337 e. The highest BCUT2D eigenvalue weighted by Crippen LogP contribution is 2.40. The van der Waals surface area contributed by atoms with Gasteiger partial charge in [0.2, 0.25) is 0 Å². The van der Waals surface area contributed by atoms with Crippen molar-refractivity contribution in [3.63, 3.8) is 0 Å². The molecule has 3 heterocycles. The van der Waals surface area contributed by atoms with E-state index in [-0.39, 0.29) is 6.03 Å². The van der Waals surface area contributed by atoms with Gasteiger partial charge in [-0.25, -0.2) is 4.79 Å². The van der Waals surface area contributed by atoms with Gasteiger partial charge in [-0.05, 0) is 53.8 Å². The van der Waals surface area contributed by atoms with Crippen molar-refractivity contribution in [1.82, 2.24) is 25.8 Å². The number of carbonyl (C=O) groups excluding carboxylic acids is 1. The van der Waals surface area contributed by atoms with Crippen molar-refractivity contribution in [2.45, 2.75) is 13.5 Å². The molecule has 7 heteroatoms. The van der Waals surface area contributed by atoms with Gasteiger partial charge in [-0.1, -0.05) is 24.3 Å². The maximum atomic E-state index is 12.0. The number of aromatic nitrogens is 2. The number of fused-ring (bicyclic) bond motifs is 3. The smallest absolute Gasteiger partial charge is 0.330 e. The van der Waals surface area contributed by atoms with Gasteiger partial charge in [0, 0.05) is 41.6 Å². The van der Waals surface area contributed by atoms with E-state index in [0.29, 0.717) is 13.1 Å². The molecule has 31 heavy (non-hydrogen) atoms. The Kier molecular flexibility index (Phi) is 4.93. The summed E-state index contributed by atoms with van der Waals surface area (Å²) >= 11 is 0. The van der Waals surface area contributed by atoms with Crippen LogP contribution in [0.15, 0.2) is 73.2 Å². The number of urea groups is 1. The number of pyridine rings is 2. The van der Waals surface area contributed by atoms with Crippen LogP contribution in [0.1, 0.15) is 12.5 Å². The van der Waals surface area contributed by atoms with Crippen LogP contribution in [0.4, 0.5) is 10.5 Å². The van der Waals surface area contributed by atoms with Gasteiger partial charge in [0.15, 0.2) is 0 Å². The summed E-state index contributed by atoms with van der Waals surface area (Å²) in [5.74, 6) is 0. The fourth-order valence-corrected chi connectivity index (χ4v) is 3.93. The standard InChI is InChI=1S/C24H22N6O/c1-2-26-24(31)29-30-15-18-13-20(17-6-5-10-25-14-17)21-12-16(22-7-3-4-11-27-22)8-9-19(21)23(18)28-30/h3-14,28H,2,15H2,1H3,(H2,26,29,31). The van der Waals surface area contributed by atoms with E-state index in [4.69, 9.17) is 0 Å². The fraction of sp³-hybridized carbons (Fsp3) is 0.125. The van der Waals surface area contributed by atoms with E-state index < -0.39 is 0 Å². The molecule has 0 unspecified atom stereocenters. The van der Waals surface area contributed by atoms with Crippen LogP contribution >= 0.6 is 0 Å². The molecule has 154 valence electrons. The highest BCUT2D eigenvalue weighted by atomic mass is 16.2. The molecule has 1 aliphatic heterocycles. The molecule has 0 aliphatic carbocycles. The molecular formula is C24H22N6O. The van der Waals surface area contributed by atoms with E-state index in [1.165, 1.54) is 0 Å². The summed E-state index contributed by atoms with van der Waals surface area (Å²) in [6.45, 7) is 3.01. The predicted octanol–water partition coefficient (Wildman–Crippen LogP) is 4.34. The zero-order chi connectivity index (χ0) is 21.2. The molecule has 0 bridgehead atoms. The highest BCUT2D eigenvalue weighted by Gasteiger charge is 2.24. The van der Waals surface area contributed by atoms with Gasteiger partial charge in [0.1, 0.15) is 0 Å². The van der Waals surface area contributed by atoms with Crippen LogP contribution in [0, 0.1) is 0 Å². The number of anilines is 1. The largest absolute Gasteiger partial charge is 0.337 e. The molecule has 2 aromatic heterocycles. The monoisotopic (exact) mass is 410 g/mol. The molecular weight excluding hydrogens is 388 g/mol. The second-order valence-electron chi connectivity index (χ2n) is 7.34. The lowest BCUT2D eigenvalue weighted by Crippen LogP contribution is -2.47. The van der Waals surface area contributed by atoms with Crippen molar-refractivity contribution < 1.29 is 4.79 Å². The van der Waals surface area contributed by atoms with E-state index in [2.05, 4.69) is 56.5 Å². The maximum absolute atomic E-state index is 12.0. The summed E-state index contributed by atoms with van der Waals surface area (Å²) in [7, 11) is 0. The Balaban J connectivity index is 1.63. The Hall–Kier alpha value is -3.97. The summed E-state index contributed by atoms with van der Waals surface area (Å²) in [4.78, 5) is 20.8. The number of hydrazine groups is 2. The third kappa shape index (κ3) is 3.67. The number of hydrogen-bond donors (Lipinski definition) is 3. The molecule has 0 saturated heterocycles. The van der Waals surface area contributed by atoms with E-state index in [9.17, 15) is 4.79 Å². The van der Waals surface area contributed by atoms with E-state index in [1.54, 1.807) is 17.5 Å². The van der Waals surface area contributed by atoms with Gasteiger partial charge in [-0.3, -0.25) is 15.4 Å². The van der Waals surface area contributed by atoms with Gasteiger partial charge >= 0.3 is 6.03 Å². The Morgan fingerprint density at radius 2 is 2.00 bits per heavy atom. The molecule has 4 aromatic rings. The third-order valence-electron chi connectivity index (χ3n) is 5.30. The Bertz CT molecular complexity index is 1240. The van der Waals surface area contributed by atoms with Gasteiger partial charge in [0.05, 0.1) is 17.9 Å². The number of carbonyl (C=O) groups is 1. The van der Waals surface area contributed by atoms with Crippen LogP contribution in [0.25, 0.3) is 33.2 Å². The molecule has 2 amide bonds. The molecule has 0 saturated carbocycles. The Labute approximate surface area is 180 Å². The summed E-state index contributed by atoms with van der Waals surface area (Å²) < 4.78 is 0. The lowest BCUT2D eigenvalue weighted by molar-refractivity contribution is 0.199. The van der Waals surface area contributed by atoms with Crippen LogP contribution in [0.2, 0.25) is 0 Å². The van der Waals surface area contributed by atoms with Gasteiger partial charge in [-0.15, -0.1) is 5.12 Å². The average molecular weight is 410 g/mol. The zero-order valence-corrected chi connectivity index (χ0v) is 17.1. The lowest BCUT2D eigenvalue weighted by atomic mass is 9.93. The first-order chi connectivity index (χ1) is 15.2. The highest BCUT2D eigenvalue weighted by molar-refractivity contribution is 6.06. The van der Waals surface area contributed by atoms with Crippen LogP contribution in [0.5, 0.6) is 0 Å². The van der Waals surface area contributed by atoms with Gasteiger partial charge in [-0.2, -0.15) is 0 Å².